The Bertz CT molecular complexity index is 1090. The van der Waals surface area contributed by atoms with Gasteiger partial charge in [-0.1, -0.05) is 276 Å². The molecule has 2 unspecified atom stereocenters. The summed E-state index contributed by atoms with van der Waals surface area (Å²) in [4.78, 5) is 22.7. The van der Waals surface area contributed by atoms with Crippen molar-refractivity contribution in [1.82, 2.24) is 0 Å². The molecule has 67 heavy (non-hydrogen) atoms. The van der Waals surface area contributed by atoms with E-state index < -0.39 is 13.9 Å². The van der Waals surface area contributed by atoms with Crippen LogP contribution in [0.25, 0.3) is 0 Å². The molecule has 0 aliphatic heterocycles. The molecule has 0 aromatic rings. The number of hydrogen-bond acceptors (Lipinski definition) is 7. The fourth-order valence-electron chi connectivity index (χ4n) is 8.80. The van der Waals surface area contributed by atoms with Gasteiger partial charge in [-0.3, -0.25) is 13.8 Å². The van der Waals surface area contributed by atoms with Crippen LogP contribution in [0.5, 0.6) is 0 Å². The lowest BCUT2D eigenvalue weighted by atomic mass is 10.0. The number of phosphoric ester groups is 1. The van der Waals surface area contributed by atoms with Crippen molar-refractivity contribution in [2.75, 3.05) is 33.0 Å². The normalized spacial score (nSPS) is 13.3. The highest BCUT2D eigenvalue weighted by Gasteiger charge is 2.25. The van der Waals surface area contributed by atoms with Crippen LogP contribution in [-0.2, 0) is 27.9 Å². The van der Waals surface area contributed by atoms with Crippen molar-refractivity contribution in [1.29, 1.82) is 0 Å². The minimum absolute atomic E-state index is 0.0924. The van der Waals surface area contributed by atoms with Gasteiger partial charge in [-0.05, 0) is 44.9 Å². The number of esters is 1. The molecule has 0 bridgehead atoms. The predicted octanol–water partition coefficient (Wildman–Crippen LogP) is 18.7. The van der Waals surface area contributed by atoms with Gasteiger partial charge >= 0.3 is 13.8 Å². The van der Waals surface area contributed by atoms with Crippen molar-refractivity contribution in [3.63, 3.8) is 0 Å². The summed E-state index contributed by atoms with van der Waals surface area (Å²) < 4.78 is 33.7. The monoisotopic (exact) mass is 968 g/mol. The Labute approximate surface area is 416 Å². The first-order valence-electron chi connectivity index (χ1n) is 29.3. The minimum atomic E-state index is -4.28. The summed E-state index contributed by atoms with van der Waals surface area (Å²) >= 11 is 0. The van der Waals surface area contributed by atoms with Crippen LogP contribution in [0.1, 0.15) is 303 Å². The zero-order valence-electron chi connectivity index (χ0n) is 44.7. The van der Waals surface area contributed by atoms with Crippen molar-refractivity contribution in [3.8, 4) is 0 Å². The van der Waals surface area contributed by atoms with Gasteiger partial charge in [-0.25, -0.2) is 4.57 Å². The molecule has 398 valence electrons. The van der Waals surface area contributed by atoms with Gasteiger partial charge in [0.2, 0.25) is 0 Å². The van der Waals surface area contributed by atoms with Crippen LogP contribution in [0.4, 0.5) is 0 Å². The van der Waals surface area contributed by atoms with Gasteiger partial charge in [-0.15, -0.1) is 0 Å². The summed E-state index contributed by atoms with van der Waals surface area (Å²) in [6.45, 7) is 4.99. The van der Waals surface area contributed by atoms with Gasteiger partial charge in [0.15, 0.2) is 0 Å². The van der Waals surface area contributed by atoms with E-state index in [1.165, 1.54) is 244 Å². The molecule has 0 amide bonds. The van der Waals surface area contributed by atoms with E-state index in [2.05, 4.69) is 38.2 Å². The van der Waals surface area contributed by atoms with E-state index in [-0.39, 0.29) is 32.3 Å². The molecule has 0 aromatic heterocycles. The van der Waals surface area contributed by atoms with E-state index in [0.717, 1.165) is 38.5 Å². The maximum Gasteiger partial charge on any atom is 0.472 e. The molecule has 0 fully saturated rings. The van der Waals surface area contributed by atoms with Crippen LogP contribution in [0.2, 0.25) is 0 Å². The standard InChI is InChI=1S/C58H114NO7P/c1-3-5-7-9-11-13-15-17-19-21-23-25-27-28-29-31-33-35-37-39-41-43-45-47-49-51-58(60)66-57(56-65-67(61,62)64-54-52-59)55-63-53-50-48-46-44-42-40-38-36-34-32-30-26-24-22-20-18-16-14-12-10-8-6-4-2/h15,17,21,23,57H,3-14,16,18-20,22,24-56,59H2,1-2H3,(H,61,62)/b17-15-,23-21-. The largest absolute Gasteiger partial charge is 0.472 e. The van der Waals surface area contributed by atoms with Gasteiger partial charge in [0.25, 0.3) is 0 Å². The topological polar surface area (TPSA) is 117 Å². The van der Waals surface area contributed by atoms with E-state index in [0.29, 0.717) is 13.0 Å². The maximum atomic E-state index is 12.7. The third-order valence-electron chi connectivity index (χ3n) is 13.1. The summed E-state index contributed by atoms with van der Waals surface area (Å²) in [6.07, 6.45) is 66.6. The molecule has 0 saturated heterocycles. The Hall–Kier alpha value is -1.02. The number of hydrogen-bond donors (Lipinski definition) is 2. The Kier molecular flexibility index (Phi) is 55.1. The molecule has 0 aliphatic carbocycles. The number of nitrogens with two attached hydrogens (primary N) is 1. The quantitative estimate of drug-likeness (QED) is 0.0268. The van der Waals surface area contributed by atoms with Crippen molar-refractivity contribution in [2.24, 2.45) is 5.73 Å². The lowest BCUT2D eigenvalue weighted by molar-refractivity contribution is -0.154. The number of ether oxygens (including phenoxy) is 2. The molecule has 0 saturated carbocycles. The number of allylic oxidation sites excluding steroid dienone is 4. The first-order chi connectivity index (χ1) is 32.9. The smallest absolute Gasteiger partial charge is 0.457 e. The molecule has 0 radical (unpaired) electrons. The van der Waals surface area contributed by atoms with Gasteiger partial charge in [0.05, 0.1) is 19.8 Å². The molecule has 9 heteroatoms. The van der Waals surface area contributed by atoms with Gasteiger partial charge in [0, 0.05) is 19.6 Å². The predicted molar refractivity (Wildman–Crippen MR) is 289 cm³/mol. The molecule has 8 nitrogen and oxygen atoms in total. The zero-order chi connectivity index (χ0) is 48.7. The highest BCUT2D eigenvalue weighted by molar-refractivity contribution is 7.47. The van der Waals surface area contributed by atoms with Crippen molar-refractivity contribution >= 4 is 13.8 Å². The van der Waals surface area contributed by atoms with E-state index in [1.54, 1.807) is 0 Å². The highest BCUT2D eigenvalue weighted by Crippen LogP contribution is 2.43. The van der Waals surface area contributed by atoms with Crippen LogP contribution < -0.4 is 5.73 Å². The summed E-state index contributed by atoms with van der Waals surface area (Å²) in [6, 6.07) is 0. The fourth-order valence-corrected chi connectivity index (χ4v) is 9.56. The number of rotatable bonds is 57. The first-order valence-corrected chi connectivity index (χ1v) is 30.8. The second-order valence-corrected chi connectivity index (χ2v) is 21.3. The van der Waals surface area contributed by atoms with Crippen LogP contribution in [0.15, 0.2) is 24.3 Å². The summed E-state index contributed by atoms with van der Waals surface area (Å²) in [5, 5.41) is 0. The summed E-state index contributed by atoms with van der Waals surface area (Å²) in [5.41, 5.74) is 5.41. The average Bonchev–Trinajstić information content (AvgIpc) is 3.32. The molecule has 2 atom stereocenters. The van der Waals surface area contributed by atoms with Gasteiger partial charge < -0.3 is 20.1 Å². The van der Waals surface area contributed by atoms with E-state index in [1.807, 2.05) is 0 Å². The number of phosphoric acid groups is 1. The summed E-state index contributed by atoms with van der Waals surface area (Å²) in [5.74, 6) is -0.324. The van der Waals surface area contributed by atoms with Crippen LogP contribution in [0.3, 0.4) is 0 Å². The Morgan fingerprint density at radius 1 is 0.448 bits per heavy atom. The van der Waals surface area contributed by atoms with E-state index >= 15 is 0 Å². The third kappa shape index (κ3) is 55.8. The second kappa shape index (κ2) is 55.9. The third-order valence-corrected chi connectivity index (χ3v) is 14.1. The number of carbonyl (C=O) groups is 1. The lowest BCUT2D eigenvalue weighted by Gasteiger charge is -2.20. The minimum Gasteiger partial charge on any atom is -0.457 e. The fraction of sp³-hybridized carbons (Fsp3) is 0.914. The molecule has 0 heterocycles. The van der Waals surface area contributed by atoms with Crippen molar-refractivity contribution in [3.05, 3.63) is 24.3 Å². The Morgan fingerprint density at radius 2 is 0.791 bits per heavy atom. The van der Waals surface area contributed by atoms with Crippen LogP contribution in [0, 0.1) is 0 Å². The number of carbonyl (C=O) groups excluding carboxylic acids is 1. The first kappa shape index (κ1) is 66.0. The highest BCUT2D eigenvalue weighted by atomic mass is 31.2. The molecule has 0 spiro atoms. The lowest BCUT2D eigenvalue weighted by Crippen LogP contribution is -2.28. The van der Waals surface area contributed by atoms with Crippen molar-refractivity contribution < 1.29 is 32.8 Å². The molecule has 0 aliphatic rings. The van der Waals surface area contributed by atoms with E-state index in [9.17, 15) is 14.3 Å². The van der Waals surface area contributed by atoms with Crippen molar-refractivity contribution in [2.45, 2.75) is 309 Å². The summed E-state index contributed by atoms with van der Waals surface area (Å²) in [7, 11) is -4.28. The van der Waals surface area contributed by atoms with Gasteiger partial charge in [0.1, 0.15) is 6.10 Å². The maximum absolute atomic E-state index is 12.7. The van der Waals surface area contributed by atoms with Crippen LogP contribution in [-0.4, -0.2) is 49.9 Å². The molecular weight excluding hydrogens is 854 g/mol. The zero-order valence-corrected chi connectivity index (χ0v) is 45.6. The molecule has 3 N–H and O–H groups in total. The molecule has 0 aromatic carbocycles. The van der Waals surface area contributed by atoms with Gasteiger partial charge in [-0.2, -0.15) is 0 Å². The molecule has 0 rings (SSSR count). The Balaban J connectivity index is 3.84. The SMILES string of the molecule is CCCCCCC/C=C\C/C=C\CCCCCCCCCCCCCCCC(=O)OC(COCCCCCCCCCCCCCCCCCCCCCCCCC)COP(=O)(O)OCCN. The average molecular weight is 969 g/mol. The second-order valence-electron chi connectivity index (χ2n) is 19.9. The Morgan fingerprint density at radius 3 is 1.16 bits per heavy atom. The van der Waals surface area contributed by atoms with E-state index in [4.69, 9.17) is 24.3 Å². The number of unbranched alkanes of at least 4 members (excludes halogenated alkanes) is 40. The van der Waals surface area contributed by atoms with Crippen LogP contribution >= 0.6 is 7.82 Å². The molecular formula is C58H114NO7P.